The number of aliphatic imine (C=N–C) groups is 1. The molecule has 62 heavy (non-hydrogen) atoms. The number of benzene rings is 2. The third-order valence-electron chi connectivity index (χ3n) is 8.95. The van der Waals surface area contributed by atoms with Gasteiger partial charge in [-0.3, -0.25) is 24.5 Å². The Morgan fingerprint density at radius 1 is 0.790 bits per heavy atom. The molecule has 3 heterocycles. The van der Waals surface area contributed by atoms with Gasteiger partial charge in [-0.15, -0.1) is 0 Å². The molecule has 0 aliphatic carbocycles. The summed E-state index contributed by atoms with van der Waals surface area (Å²) in [6, 6.07) is 17.3. The zero-order valence-corrected chi connectivity index (χ0v) is 36.3. The number of unbranched alkanes of at least 4 members (excludes halogenated alkanes) is 2. The van der Waals surface area contributed by atoms with Gasteiger partial charge in [0.05, 0.1) is 54.5 Å². The third-order valence-corrected chi connectivity index (χ3v) is 11.9. The Bertz CT molecular complexity index is 2240. The maximum Gasteiger partial charge on any atom is 0.307 e. The summed E-state index contributed by atoms with van der Waals surface area (Å²) in [5, 5.41) is 15.6. The second-order valence-corrected chi connectivity index (χ2v) is 17.2. The number of guanidine groups is 1. The summed E-state index contributed by atoms with van der Waals surface area (Å²) in [7, 11) is -7.89. The molecule has 18 nitrogen and oxygen atoms in total. The van der Waals surface area contributed by atoms with Crippen molar-refractivity contribution in [3.05, 3.63) is 109 Å². The van der Waals surface area contributed by atoms with E-state index in [9.17, 15) is 31.5 Å². The summed E-state index contributed by atoms with van der Waals surface area (Å²) in [6.07, 6.45) is 9.86. The number of aromatic nitrogens is 2. The van der Waals surface area contributed by atoms with Crippen molar-refractivity contribution in [2.24, 2.45) is 10.7 Å². The fourth-order valence-electron chi connectivity index (χ4n) is 5.86. The van der Waals surface area contributed by atoms with Crippen LogP contribution in [-0.2, 0) is 34.4 Å². The predicted octanol–water partition coefficient (Wildman–Crippen LogP) is 3.85. The monoisotopic (exact) mass is 896 g/mol. The number of carbonyl (C=O) groups is 2. The Kier molecular flexibility index (Phi) is 20.5. The number of pyridine rings is 2. The topological polar surface area (TPSA) is 263 Å². The lowest BCUT2D eigenvalue weighted by Crippen LogP contribution is -2.41. The van der Waals surface area contributed by atoms with Gasteiger partial charge in [0.1, 0.15) is 11.5 Å². The fourth-order valence-corrected chi connectivity index (χ4v) is 8.38. The van der Waals surface area contributed by atoms with Crippen molar-refractivity contribution in [2.75, 3.05) is 46.0 Å². The molecule has 2 aromatic heterocycles. The summed E-state index contributed by atoms with van der Waals surface area (Å²) >= 11 is 0. The Hall–Kier alpha value is -5.67. The SMILES string of the molecule is CCOC(=O)CC(NS(=O)(=O)c1cccc(OCCCCN)c1)c1cccnc1.O=C(O)CC(NS(=O)(=O)c1cccc(OCCCCNC2=NCCCN2)c1)c1cccnc1. The molecule has 5 rings (SSSR count). The van der Waals surface area contributed by atoms with Crippen LogP contribution in [0, 0.1) is 0 Å². The minimum absolute atomic E-state index is 0.00216. The van der Waals surface area contributed by atoms with Crippen molar-refractivity contribution in [1.29, 1.82) is 0 Å². The average Bonchev–Trinajstić information content (AvgIpc) is 3.27. The van der Waals surface area contributed by atoms with E-state index in [-0.39, 0.29) is 22.8 Å². The molecular weight excluding hydrogens is 841 g/mol. The van der Waals surface area contributed by atoms with E-state index in [1.807, 2.05) is 0 Å². The van der Waals surface area contributed by atoms with Crippen molar-refractivity contribution in [3.63, 3.8) is 0 Å². The van der Waals surface area contributed by atoms with Crippen LogP contribution in [0.1, 0.15) is 75.1 Å². The van der Waals surface area contributed by atoms with E-state index >= 15 is 0 Å². The molecule has 1 aliphatic rings. The van der Waals surface area contributed by atoms with Crippen LogP contribution in [0.2, 0.25) is 0 Å². The number of aliphatic carboxylic acids is 1. The third kappa shape index (κ3) is 17.4. The number of hydrogen-bond acceptors (Lipinski definition) is 15. The average molecular weight is 897 g/mol. The highest BCUT2D eigenvalue weighted by atomic mass is 32.2. The first-order chi connectivity index (χ1) is 29.9. The number of nitrogens with zero attached hydrogens (tertiary/aromatic N) is 3. The molecule has 0 amide bonds. The van der Waals surface area contributed by atoms with Gasteiger partial charge in [0.2, 0.25) is 20.0 Å². The molecule has 20 heteroatoms. The number of nitrogens with two attached hydrogens (primary N) is 1. The Labute approximate surface area is 363 Å². The van der Waals surface area contributed by atoms with Gasteiger partial charge >= 0.3 is 11.9 Å². The number of carboxylic acids is 1. The molecule has 2 aromatic carbocycles. The fraction of sp³-hybridized carbons (Fsp3) is 0.405. The second-order valence-electron chi connectivity index (χ2n) is 13.8. The first kappa shape index (κ1) is 49.0. The maximum absolute atomic E-state index is 12.9. The Morgan fingerprint density at radius 3 is 1.84 bits per heavy atom. The largest absolute Gasteiger partial charge is 0.494 e. The van der Waals surface area contributed by atoms with Crippen LogP contribution in [-0.4, -0.2) is 95.8 Å². The number of carboxylic acid groups (broad SMARTS) is 1. The lowest BCUT2D eigenvalue weighted by atomic mass is 10.1. The first-order valence-electron chi connectivity index (χ1n) is 20.3. The molecule has 4 aromatic rings. The summed E-state index contributed by atoms with van der Waals surface area (Å²) in [5.74, 6) is 0.0964. The number of sulfonamides is 2. The standard InChI is InChI=1S/C22H29N5O5S.C20H27N3O5S/c28-21(29)15-20(17-6-4-9-23-16-17)27-33(30,31)19-8-3-7-18(14-19)32-13-2-1-10-24-22-25-11-5-12-26-22;1-2-27-20(24)14-19(16-7-6-11-22-15-16)23-29(25,26)18-9-5-8-17(13-18)28-12-4-3-10-21/h3-4,6-9,14,16,20,27H,1-2,5,10-13,15H2,(H,28,29)(H2,24,25,26);5-9,11,13,15,19,23H,2-4,10,12,14,21H2,1H3. The summed E-state index contributed by atoms with van der Waals surface area (Å²) in [5.41, 5.74) is 6.50. The van der Waals surface area contributed by atoms with Gasteiger partial charge < -0.3 is 35.7 Å². The molecule has 0 spiro atoms. The molecule has 0 saturated carbocycles. The van der Waals surface area contributed by atoms with Crippen molar-refractivity contribution < 1.29 is 45.7 Å². The molecule has 0 saturated heterocycles. The van der Waals surface area contributed by atoms with Crippen LogP contribution < -0.4 is 35.3 Å². The highest BCUT2D eigenvalue weighted by Crippen LogP contribution is 2.24. The molecule has 2 atom stereocenters. The molecule has 336 valence electrons. The summed E-state index contributed by atoms with van der Waals surface area (Å²) < 4.78 is 73.0. The Morgan fingerprint density at radius 2 is 1.35 bits per heavy atom. The van der Waals surface area contributed by atoms with E-state index in [0.717, 1.165) is 57.7 Å². The smallest absolute Gasteiger partial charge is 0.307 e. The van der Waals surface area contributed by atoms with Gasteiger partial charge in [-0.1, -0.05) is 24.3 Å². The van der Waals surface area contributed by atoms with Crippen LogP contribution in [0.4, 0.5) is 0 Å². The minimum Gasteiger partial charge on any atom is -0.494 e. The number of esters is 1. The number of ether oxygens (including phenoxy) is 3. The van der Waals surface area contributed by atoms with Crippen LogP contribution in [0.15, 0.2) is 112 Å². The van der Waals surface area contributed by atoms with Gasteiger partial charge in [0.15, 0.2) is 5.96 Å². The molecule has 2 unspecified atom stereocenters. The number of hydrogen-bond donors (Lipinski definition) is 6. The molecule has 0 bridgehead atoms. The summed E-state index contributed by atoms with van der Waals surface area (Å²) in [4.78, 5) is 35.6. The van der Waals surface area contributed by atoms with E-state index in [1.165, 1.54) is 42.9 Å². The number of nitrogens with one attached hydrogen (secondary N) is 4. The van der Waals surface area contributed by atoms with Crippen molar-refractivity contribution in [1.82, 2.24) is 30.0 Å². The number of rotatable bonds is 24. The zero-order chi connectivity index (χ0) is 44.6. The predicted molar refractivity (Wildman–Crippen MR) is 232 cm³/mol. The Balaban J connectivity index is 0.000000275. The van der Waals surface area contributed by atoms with Crippen LogP contribution in [0.3, 0.4) is 0 Å². The quantitative estimate of drug-likeness (QED) is 0.0431. The first-order valence-corrected chi connectivity index (χ1v) is 23.3. The van der Waals surface area contributed by atoms with Gasteiger partial charge in [-0.05, 0) is 93.1 Å². The van der Waals surface area contributed by atoms with Crippen LogP contribution in [0.5, 0.6) is 11.5 Å². The van der Waals surface area contributed by atoms with Gasteiger partial charge in [-0.25, -0.2) is 26.3 Å². The van der Waals surface area contributed by atoms with Gasteiger partial charge in [-0.2, -0.15) is 0 Å². The normalized spacial score (nSPS) is 13.5. The molecular formula is C42H56N8O10S2. The van der Waals surface area contributed by atoms with Crippen LogP contribution >= 0.6 is 0 Å². The minimum atomic E-state index is -3.98. The van der Waals surface area contributed by atoms with E-state index in [0.29, 0.717) is 42.4 Å². The number of carbonyl (C=O) groups excluding carboxylic acids is 1. The van der Waals surface area contributed by atoms with E-state index in [1.54, 1.807) is 61.7 Å². The van der Waals surface area contributed by atoms with Crippen LogP contribution in [0.25, 0.3) is 0 Å². The zero-order valence-electron chi connectivity index (χ0n) is 34.6. The highest BCUT2D eigenvalue weighted by Gasteiger charge is 2.26. The van der Waals surface area contributed by atoms with Gasteiger partial charge in [0.25, 0.3) is 0 Å². The summed E-state index contributed by atoms with van der Waals surface area (Å²) in [6.45, 7) is 5.93. The lowest BCUT2D eigenvalue weighted by Gasteiger charge is -2.18. The van der Waals surface area contributed by atoms with Gasteiger partial charge in [0, 0.05) is 56.6 Å². The maximum atomic E-state index is 12.9. The molecule has 0 fully saturated rings. The van der Waals surface area contributed by atoms with E-state index < -0.39 is 50.5 Å². The second kappa shape index (κ2) is 26.0. The van der Waals surface area contributed by atoms with Crippen molar-refractivity contribution >= 4 is 37.9 Å². The van der Waals surface area contributed by atoms with E-state index in [4.69, 9.17) is 19.9 Å². The highest BCUT2D eigenvalue weighted by molar-refractivity contribution is 7.89. The van der Waals surface area contributed by atoms with Crippen molar-refractivity contribution in [3.8, 4) is 11.5 Å². The van der Waals surface area contributed by atoms with E-state index in [2.05, 4.69) is 35.0 Å². The lowest BCUT2D eigenvalue weighted by molar-refractivity contribution is -0.143. The molecule has 0 radical (unpaired) electrons. The molecule has 1 aliphatic heterocycles. The van der Waals surface area contributed by atoms with Crippen molar-refractivity contribution in [2.45, 2.75) is 73.7 Å². The molecule has 7 N–H and O–H groups in total.